The Morgan fingerprint density at radius 1 is 0.946 bits per heavy atom. The summed E-state index contributed by atoms with van der Waals surface area (Å²) < 4.78 is 33.5. The fraction of sp³-hybridized carbons (Fsp3) is 0.214. The molecular weight excluding hydrogens is 490 g/mol. The quantitative estimate of drug-likeness (QED) is 0.351. The molecule has 0 unspecified atom stereocenters. The van der Waals surface area contributed by atoms with Crippen molar-refractivity contribution in [1.82, 2.24) is 8.87 Å². The summed E-state index contributed by atoms with van der Waals surface area (Å²) >= 11 is 0. The number of benzene rings is 3. The predicted molar refractivity (Wildman–Crippen MR) is 142 cm³/mol. The Morgan fingerprint density at radius 3 is 2.35 bits per heavy atom. The van der Waals surface area contributed by atoms with Crippen molar-refractivity contribution in [3.8, 4) is 0 Å². The van der Waals surface area contributed by atoms with Crippen molar-refractivity contribution in [3.05, 3.63) is 95.7 Å². The Hall–Kier alpha value is -4.11. The van der Waals surface area contributed by atoms with Crippen LogP contribution in [0.1, 0.15) is 21.5 Å². The molecule has 1 aliphatic heterocycles. The summed E-state index contributed by atoms with van der Waals surface area (Å²) in [6, 6.07) is 21.7. The number of nitrogens with zero attached hydrogens (tertiary/aromatic N) is 3. The van der Waals surface area contributed by atoms with Gasteiger partial charge in [-0.25, -0.2) is 17.2 Å². The molecule has 2 heterocycles. The first-order chi connectivity index (χ1) is 17.9. The lowest BCUT2D eigenvalue weighted by Gasteiger charge is -2.35. The molecule has 5 rings (SSSR count). The van der Waals surface area contributed by atoms with Crippen LogP contribution in [0.3, 0.4) is 0 Å². The molecule has 4 aromatic rings. The molecule has 0 radical (unpaired) electrons. The van der Waals surface area contributed by atoms with E-state index in [9.17, 15) is 18.0 Å². The van der Waals surface area contributed by atoms with E-state index >= 15 is 0 Å². The van der Waals surface area contributed by atoms with Crippen LogP contribution in [0.5, 0.6) is 0 Å². The Kier molecular flexibility index (Phi) is 6.71. The summed E-state index contributed by atoms with van der Waals surface area (Å²) in [6.07, 6.45) is 1.71. The zero-order valence-corrected chi connectivity index (χ0v) is 21.2. The van der Waals surface area contributed by atoms with Crippen LogP contribution in [0.25, 0.3) is 10.9 Å². The van der Waals surface area contributed by atoms with Crippen LogP contribution >= 0.6 is 0 Å². The van der Waals surface area contributed by atoms with Gasteiger partial charge < -0.3 is 14.5 Å². The van der Waals surface area contributed by atoms with E-state index in [0.717, 1.165) is 11.3 Å². The Bertz CT molecular complexity index is 1560. The van der Waals surface area contributed by atoms with Gasteiger partial charge in [0.15, 0.2) is 6.29 Å². The van der Waals surface area contributed by atoms with Gasteiger partial charge in [-0.2, -0.15) is 0 Å². The molecule has 0 saturated carbocycles. The standard InChI is InChI=1S/C28H27N3O5S/c1-21-7-5-6-10-27(21)37(34,35)31-18-23(19-32)25-17-24(11-12-26(25)31)29-13-15-30(16-14-29)28(33)36-20-22-8-3-2-4-9-22/h2-12,17-19H,13-16,20H2,1H3. The SMILES string of the molecule is Cc1ccccc1S(=O)(=O)n1cc(C=O)c2cc(N3CCN(C(=O)OCc4ccccc4)CC3)ccc21. The molecule has 3 aromatic carbocycles. The van der Waals surface area contributed by atoms with Crippen molar-refractivity contribution < 1.29 is 22.7 Å². The van der Waals surface area contributed by atoms with Crippen LogP contribution in [0.2, 0.25) is 0 Å². The maximum Gasteiger partial charge on any atom is 0.410 e. The third kappa shape index (κ3) is 4.82. The van der Waals surface area contributed by atoms with Crippen LogP contribution in [-0.4, -0.2) is 55.8 Å². The molecule has 1 fully saturated rings. The van der Waals surface area contributed by atoms with Gasteiger partial charge in [0, 0.05) is 49.0 Å². The van der Waals surface area contributed by atoms with E-state index in [1.807, 2.05) is 42.5 Å². The van der Waals surface area contributed by atoms with E-state index in [2.05, 4.69) is 4.90 Å². The summed E-state index contributed by atoms with van der Waals surface area (Å²) in [4.78, 5) is 28.3. The van der Waals surface area contributed by atoms with E-state index in [1.165, 1.54) is 10.2 Å². The van der Waals surface area contributed by atoms with Crippen molar-refractivity contribution in [2.24, 2.45) is 0 Å². The fourth-order valence-electron chi connectivity index (χ4n) is 4.61. The van der Waals surface area contributed by atoms with Crippen molar-refractivity contribution in [2.75, 3.05) is 31.1 Å². The lowest BCUT2D eigenvalue weighted by molar-refractivity contribution is 0.0941. The van der Waals surface area contributed by atoms with E-state index in [4.69, 9.17) is 4.74 Å². The Balaban J connectivity index is 1.33. The van der Waals surface area contributed by atoms with E-state index in [0.29, 0.717) is 54.5 Å². The third-order valence-corrected chi connectivity index (χ3v) is 8.48. The van der Waals surface area contributed by atoms with Crippen LogP contribution in [0.15, 0.2) is 83.9 Å². The zero-order valence-electron chi connectivity index (χ0n) is 20.4. The Labute approximate surface area is 215 Å². The first-order valence-electron chi connectivity index (χ1n) is 12.0. The van der Waals surface area contributed by atoms with Gasteiger partial charge in [0.05, 0.1) is 10.4 Å². The van der Waals surface area contributed by atoms with Gasteiger partial charge in [0.2, 0.25) is 0 Å². The normalized spacial score (nSPS) is 14.1. The number of carbonyl (C=O) groups excluding carboxylic acids is 2. The number of piperazine rings is 1. The van der Waals surface area contributed by atoms with Crippen molar-refractivity contribution in [2.45, 2.75) is 18.4 Å². The number of hydrogen-bond acceptors (Lipinski definition) is 6. The second-order valence-electron chi connectivity index (χ2n) is 8.98. The van der Waals surface area contributed by atoms with Gasteiger partial charge in [-0.1, -0.05) is 48.5 Å². The Morgan fingerprint density at radius 2 is 1.65 bits per heavy atom. The number of carbonyl (C=O) groups is 2. The van der Waals surface area contributed by atoms with Crippen molar-refractivity contribution in [1.29, 1.82) is 0 Å². The average Bonchev–Trinajstić information content (AvgIpc) is 3.31. The number of ether oxygens (including phenoxy) is 1. The number of fused-ring (bicyclic) bond motifs is 1. The molecule has 1 aliphatic rings. The molecule has 0 bridgehead atoms. The molecule has 37 heavy (non-hydrogen) atoms. The van der Waals surface area contributed by atoms with Gasteiger partial charge in [0.1, 0.15) is 6.61 Å². The van der Waals surface area contributed by atoms with Crippen LogP contribution in [0.4, 0.5) is 10.5 Å². The molecule has 0 spiro atoms. The maximum absolute atomic E-state index is 13.4. The number of rotatable bonds is 6. The smallest absolute Gasteiger partial charge is 0.410 e. The van der Waals surface area contributed by atoms with Gasteiger partial charge in [-0.15, -0.1) is 0 Å². The second-order valence-corrected chi connectivity index (χ2v) is 10.8. The highest BCUT2D eigenvalue weighted by Crippen LogP contribution is 2.30. The minimum atomic E-state index is -3.88. The molecule has 1 saturated heterocycles. The molecule has 8 nitrogen and oxygen atoms in total. The highest BCUT2D eigenvalue weighted by Gasteiger charge is 2.25. The van der Waals surface area contributed by atoms with Crippen LogP contribution < -0.4 is 4.90 Å². The van der Waals surface area contributed by atoms with E-state index in [1.54, 1.807) is 42.2 Å². The van der Waals surface area contributed by atoms with Crippen LogP contribution in [-0.2, 0) is 21.4 Å². The summed E-state index contributed by atoms with van der Waals surface area (Å²) in [6.45, 7) is 4.14. The lowest BCUT2D eigenvalue weighted by Crippen LogP contribution is -2.48. The van der Waals surface area contributed by atoms with E-state index in [-0.39, 0.29) is 17.6 Å². The lowest BCUT2D eigenvalue weighted by atomic mass is 10.1. The first-order valence-corrected chi connectivity index (χ1v) is 13.4. The average molecular weight is 518 g/mol. The highest BCUT2D eigenvalue weighted by molar-refractivity contribution is 7.90. The summed E-state index contributed by atoms with van der Waals surface area (Å²) in [5, 5.41) is 0.564. The molecule has 0 N–H and O–H groups in total. The summed E-state index contributed by atoms with van der Waals surface area (Å²) in [5.74, 6) is 0. The molecule has 0 aliphatic carbocycles. The molecule has 9 heteroatoms. The zero-order chi connectivity index (χ0) is 26.0. The number of aryl methyl sites for hydroxylation is 1. The molecule has 1 aromatic heterocycles. The van der Waals surface area contributed by atoms with Gasteiger partial charge >= 0.3 is 6.09 Å². The monoisotopic (exact) mass is 517 g/mol. The van der Waals surface area contributed by atoms with Gasteiger partial charge in [-0.05, 0) is 42.3 Å². The van der Waals surface area contributed by atoms with Gasteiger partial charge in [0.25, 0.3) is 10.0 Å². The fourth-order valence-corrected chi connectivity index (χ4v) is 6.22. The van der Waals surface area contributed by atoms with E-state index < -0.39 is 10.0 Å². The number of aldehydes is 1. The topological polar surface area (TPSA) is 88.9 Å². The van der Waals surface area contributed by atoms with Gasteiger partial charge in [-0.3, -0.25) is 4.79 Å². The van der Waals surface area contributed by atoms with Crippen molar-refractivity contribution >= 4 is 39.0 Å². The number of amides is 1. The molecule has 0 atom stereocenters. The van der Waals surface area contributed by atoms with Crippen LogP contribution in [0, 0.1) is 6.92 Å². The number of aromatic nitrogens is 1. The predicted octanol–water partition coefficient (Wildman–Crippen LogP) is 4.46. The molecule has 190 valence electrons. The highest BCUT2D eigenvalue weighted by atomic mass is 32.2. The minimum absolute atomic E-state index is 0.198. The molecule has 1 amide bonds. The summed E-state index contributed by atoms with van der Waals surface area (Å²) in [5.41, 5.74) is 3.17. The number of hydrogen-bond donors (Lipinski definition) is 0. The summed E-state index contributed by atoms with van der Waals surface area (Å²) in [7, 11) is -3.88. The minimum Gasteiger partial charge on any atom is -0.445 e. The molecular formula is C28H27N3O5S. The second kappa shape index (κ2) is 10.1. The maximum atomic E-state index is 13.4. The largest absolute Gasteiger partial charge is 0.445 e. The third-order valence-electron chi connectivity index (χ3n) is 6.65. The number of anilines is 1. The first kappa shape index (κ1) is 24.6. The van der Waals surface area contributed by atoms with Crippen molar-refractivity contribution in [3.63, 3.8) is 0 Å².